The summed E-state index contributed by atoms with van der Waals surface area (Å²) in [6.07, 6.45) is -4.62. The molecule has 1 unspecified atom stereocenters. The lowest BCUT2D eigenvalue weighted by molar-refractivity contribution is -0.137. The molecule has 94 valence electrons. The van der Waals surface area contributed by atoms with Crippen LogP contribution in [0.3, 0.4) is 0 Å². The van der Waals surface area contributed by atoms with Crippen molar-refractivity contribution < 1.29 is 13.2 Å². The summed E-state index contributed by atoms with van der Waals surface area (Å²) in [6, 6.07) is 6.53. The fraction of sp³-hybridized carbons (Fsp3) is 0.333. The number of nitrogens with two attached hydrogens (primary N) is 1. The molecule has 2 N–H and O–H groups in total. The number of nitriles is 2. The minimum Gasteiger partial charge on any atom is -0.398 e. The number of nitrogens with zero attached hydrogens (tertiary/aromatic N) is 2. The van der Waals surface area contributed by atoms with Crippen LogP contribution < -0.4 is 5.73 Å². The number of benzene rings is 1. The zero-order valence-corrected chi connectivity index (χ0v) is 9.54. The largest absolute Gasteiger partial charge is 0.416 e. The topological polar surface area (TPSA) is 73.6 Å². The fourth-order valence-corrected chi connectivity index (χ4v) is 1.59. The Kier molecular flexibility index (Phi) is 3.52. The van der Waals surface area contributed by atoms with E-state index in [4.69, 9.17) is 16.3 Å². The van der Waals surface area contributed by atoms with Crippen molar-refractivity contribution in [3.8, 4) is 12.1 Å². The van der Waals surface area contributed by atoms with E-state index in [0.29, 0.717) is 0 Å². The lowest BCUT2D eigenvalue weighted by atomic mass is 9.80. The van der Waals surface area contributed by atoms with Crippen LogP contribution in [0.4, 0.5) is 18.9 Å². The molecule has 0 aliphatic heterocycles. The Morgan fingerprint density at radius 3 is 2.28 bits per heavy atom. The third kappa shape index (κ3) is 2.54. The highest BCUT2D eigenvalue weighted by molar-refractivity contribution is 5.55. The van der Waals surface area contributed by atoms with Gasteiger partial charge in [0.15, 0.2) is 0 Å². The number of anilines is 1. The molecule has 0 fully saturated rings. The van der Waals surface area contributed by atoms with Gasteiger partial charge in [-0.3, -0.25) is 0 Å². The third-order valence-corrected chi connectivity index (χ3v) is 2.65. The number of hydrogen-bond donors (Lipinski definition) is 1. The molecule has 0 bridgehead atoms. The number of hydrogen-bond acceptors (Lipinski definition) is 3. The van der Waals surface area contributed by atoms with Crippen molar-refractivity contribution in [1.29, 1.82) is 10.5 Å². The Bertz CT molecular complexity index is 537. The molecule has 0 heterocycles. The average molecular weight is 253 g/mol. The van der Waals surface area contributed by atoms with E-state index in [1.54, 1.807) is 0 Å². The van der Waals surface area contributed by atoms with Crippen LogP contribution in [0.25, 0.3) is 0 Å². The molecular weight excluding hydrogens is 243 g/mol. The summed E-state index contributed by atoms with van der Waals surface area (Å²) >= 11 is 0. The third-order valence-electron chi connectivity index (χ3n) is 2.65. The Hall–Kier alpha value is -2.21. The number of alkyl halides is 3. The summed E-state index contributed by atoms with van der Waals surface area (Å²) in [4.78, 5) is 0. The van der Waals surface area contributed by atoms with Gasteiger partial charge in [0.05, 0.1) is 29.5 Å². The molecule has 0 spiro atoms. The molecule has 0 amide bonds. The lowest BCUT2D eigenvalue weighted by Gasteiger charge is -2.21. The molecule has 0 aliphatic rings. The first kappa shape index (κ1) is 13.9. The predicted molar refractivity (Wildman–Crippen MR) is 59.1 cm³/mol. The van der Waals surface area contributed by atoms with Crippen LogP contribution in [0.1, 0.15) is 24.5 Å². The van der Waals surface area contributed by atoms with Crippen molar-refractivity contribution in [1.82, 2.24) is 0 Å². The van der Waals surface area contributed by atoms with Crippen LogP contribution in [0.2, 0.25) is 0 Å². The van der Waals surface area contributed by atoms with E-state index in [0.717, 1.165) is 18.2 Å². The van der Waals surface area contributed by atoms with Crippen LogP contribution in [0.5, 0.6) is 0 Å². The summed E-state index contributed by atoms with van der Waals surface area (Å²) in [5.74, 6) is 0. The van der Waals surface area contributed by atoms with Crippen molar-refractivity contribution in [2.24, 2.45) is 0 Å². The van der Waals surface area contributed by atoms with Gasteiger partial charge in [0, 0.05) is 5.69 Å². The molecule has 18 heavy (non-hydrogen) atoms. The van der Waals surface area contributed by atoms with E-state index in [-0.39, 0.29) is 17.7 Å². The molecule has 0 aromatic heterocycles. The minimum absolute atomic E-state index is 0.135. The highest BCUT2D eigenvalue weighted by Crippen LogP contribution is 2.36. The Morgan fingerprint density at radius 2 is 1.89 bits per heavy atom. The summed E-state index contributed by atoms with van der Waals surface area (Å²) in [7, 11) is 0. The highest BCUT2D eigenvalue weighted by atomic mass is 19.4. The van der Waals surface area contributed by atoms with Crippen molar-refractivity contribution in [2.45, 2.75) is 24.9 Å². The van der Waals surface area contributed by atoms with Crippen LogP contribution in [0.15, 0.2) is 18.2 Å². The number of nitrogen functional groups attached to an aromatic ring is 1. The molecule has 0 saturated carbocycles. The molecule has 0 saturated heterocycles. The Balaban J connectivity index is 3.31. The van der Waals surface area contributed by atoms with Crippen molar-refractivity contribution in [3.05, 3.63) is 29.3 Å². The fourth-order valence-electron chi connectivity index (χ4n) is 1.59. The van der Waals surface area contributed by atoms with Crippen molar-refractivity contribution >= 4 is 5.69 Å². The van der Waals surface area contributed by atoms with Crippen LogP contribution in [-0.4, -0.2) is 0 Å². The van der Waals surface area contributed by atoms with Gasteiger partial charge in [0.1, 0.15) is 0 Å². The normalized spacial score (nSPS) is 14.3. The van der Waals surface area contributed by atoms with Gasteiger partial charge in [-0.2, -0.15) is 23.7 Å². The second-order valence-corrected chi connectivity index (χ2v) is 4.08. The van der Waals surface area contributed by atoms with Gasteiger partial charge in [-0.25, -0.2) is 0 Å². The number of halogens is 3. The second kappa shape index (κ2) is 4.58. The maximum atomic E-state index is 12.5. The molecule has 1 atom stereocenters. The van der Waals surface area contributed by atoms with Gasteiger partial charge in [-0.05, 0) is 24.6 Å². The SMILES string of the molecule is CC(C#N)(CC#N)c1ccc(C(F)(F)F)cc1N. The molecule has 6 heteroatoms. The second-order valence-electron chi connectivity index (χ2n) is 4.08. The van der Waals surface area contributed by atoms with E-state index in [1.165, 1.54) is 6.92 Å². The minimum atomic E-state index is -4.48. The predicted octanol–water partition coefficient (Wildman–Crippen LogP) is 2.98. The first-order valence-corrected chi connectivity index (χ1v) is 5.00. The monoisotopic (exact) mass is 253 g/mol. The maximum Gasteiger partial charge on any atom is 0.416 e. The van der Waals surface area contributed by atoms with Gasteiger partial charge in [0.2, 0.25) is 0 Å². The van der Waals surface area contributed by atoms with Crippen molar-refractivity contribution in [2.75, 3.05) is 5.73 Å². The van der Waals surface area contributed by atoms with Crippen molar-refractivity contribution in [3.63, 3.8) is 0 Å². The first-order chi connectivity index (χ1) is 8.24. The van der Waals surface area contributed by atoms with Crippen LogP contribution >= 0.6 is 0 Å². The van der Waals surface area contributed by atoms with Gasteiger partial charge >= 0.3 is 6.18 Å². The van der Waals surface area contributed by atoms with E-state index in [1.807, 2.05) is 12.1 Å². The summed E-state index contributed by atoms with van der Waals surface area (Å²) in [6.45, 7) is 1.47. The van der Waals surface area contributed by atoms with Gasteiger partial charge in [-0.1, -0.05) is 6.07 Å². The molecule has 1 aromatic carbocycles. The van der Waals surface area contributed by atoms with E-state index >= 15 is 0 Å². The zero-order valence-electron chi connectivity index (χ0n) is 9.54. The molecular formula is C12H10F3N3. The van der Waals surface area contributed by atoms with Gasteiger partial charge in [0.25, 0.3) is 0 Å². The van der Waals surface area contributed by atoms with E-state index < -0.39 is 17.2 Å². The summed E-state index contributed by atoms with van der Waals surface area (Å²) in [5, 5.41) is 17.7. The quantitative estimate of drug-likeness (QED) is 0.823. The van der Waals surface area contributed by atoms with Gasteiger partial charge < -0.3 is 5.73 Å². The van der Waals surface area contributed by atoms with Gasteiger partial charge in [-0.15, -0.1) is 0 Å². The molecule has 1 rings (SSSR count). The summed E-state index contributed by atoms with van der Waals surface area (Å²) < 4.78 is 37.4. The Morgan fingerprint density at radius 1 is 1.28 bits per heavy atom. The first-order valence-electron chi connectivity index (χ1n) is 5.00. The molecule has 0 aliphatic carbocycles. The average Bonchev–Trinajstić information content (AvgIpc) is 2.27. The van der Waals surface area contributed by atoms with Crippen LogP contribution in [-0.2, 0) is 11.6 Å². The van der Waals surface area contributed by atoms with Crippen LogP contribution in [0, 0.1) is 22.7 Å². The standard InChI is InChI=1S/C12H10F3N3/c1-11(7-17,4-5-16)9-3-2-8(6-10(9)18)12(13,14)15/h2-3,6H,4,18H2,1H3. The highest BCUT2D eigenvalue weighted by Gasteiger charge is 2.33. The lowest BCUT2D eigenvalue weighted by Crippen LogP contribution is -2.21. The maximum absolute atomic E-state index is 12.5. The van der Waals surface area contributed by atoms with E-state index in [2.05, 4.69) is 0 Å². The number of rotatable bonds is 2. The smallest absolute Gasteiger partial charge is 0.398 e. The summed E-state index contributed by atoms with van der Waals surface area (Å²) in [5.41, 5.74) is 3.57. The zero-order chi connectivity index (χ0) is 14.0. The van der Waals surface area contributed by atoms with E-state index in [9.17, 15) is 13.2 Å². The molecule has 1 aromatic rings. The molecule has 0 radical (unpaired) electrons. The molecule has 3 nitrogen and oxygen atoms in total. The Labute approximate surface area is 102 Å².